The van der Waals surface area contributed by atoms with Crippen molar-refractivity contribution in [2.24, 2.45) is 5.92 Å². The molecule has 1 atom stereocenters. The topological polar surface area (TPSA) is 66.4 Å². The molecule has 0 fully saturated rings. The predicted octanol–water partition coefficient (Wildman–Crippen LogP) is 3.44. The molecule has 0 saturated carbocycles. The monoisotopic (exact) mass is 391 g/mol. The van der Waals surface area contributed by atoms with Crippen molar-refractivity contribution in [2.75, 3.05) is 0 Å². The predicted molar refractivity (Wildman–Crippen MR) is 80.2 cm³/mol. The van der Waals surface area contributed by atoms with Gasteiger partial charge in [0.1, 0.15) is 6.04 Å². The van der Waals surface area contributed by atoms with Crippen LogP contribution < -0.4 is 5.32 Å². The lowest BCUT2D eigenvalue weighted by Crippen LogP contribution is -2.41. The lowest BCUT2D eigenvalue weighted by Gasteiger charge is -2.17. The molecule has 0 bridgehead atoms. The van der Waals surface area contributed by atoms with E-state index < -0.39 is 17.9 Å². The summed E-state index contributed by atoms with van der Waals surface area (Å²) in [6.45, 7) is 3.83. The summed E-state index contributed by atoms with van der Waals surface area (Å²) in [6, 6.07) is 4.30. The molecule has 4 nitrogen and oxygen atoms in total. The smallest absolute Gasteiger partial charge is 0.326 e. The number of hydrogen-bond acceptors (Lipinski definition) is 2. The van der Waals surface area contributed by atoms with Gasteiger partial charge in [-0.3, -0.25) is 4.79 Å². The van der Waals surface area contributed by atoms with Crippen LogP contribution in [0.15, 0.2) is 27.1 Å². The van der Waals surface area contributed by atoms with E-state index >= 15 is 0 Å². The van der Waals surface area contributed by atoms with Crippen LogP contribution >= 0.6 is 31.9 Å². The summed E-state index contributed by atoms with van der Waals surface area (Å²) in [5.74, 6) is -1.23. The van der Waals surface area contributed by atoms with Crippen LogP contribution in [0.25, 0.3) is 0 Å². The van der Waals surface area contributed by atoms with E-state index in [0.29, 0.717) is 16.5 Å². The third-order valence-corrected chi connectivity index (χ3v) is 3.67. The maximum atomic E-state index is 12.1. The van der Waals surface area contributed by atoms with E-state index in [1.54, 1.807) is 18.2 Å². The number of hydrogen-bond donors (Lipinski definition) is 2. The van der Waals surface area contributed by atoms with Crippen LogP contribution in [0.2, 0.25) is 0 Å². The lowest BCUT2D eigenvalue weighted by atomic mass is 10.0. The number of carbonyl (C=O) groups is 2. The van der Waals surface area contributed by atoms with E-state index in [4.69, 9.17) is 5.11 Å². The van der Waals surface area contributed by atoms with Gasteiger partial charge in [0.05, 0.1) is 5.56 Å². The van der Waals surface area contributed by atoms with Crippen molar-refractivity contribution in [3.05, 3.63) is 32.7 Å². The molecule has 1 aromatic carbocycles. The Labute approximate surface area is 128 Å². The molecular weight excluding hydrogens is 378 g/mol. The quantitative estimate of drug-likeness (QED) is 0.806. The Balaban J connectivity index is 2.87. The summed E-state index contributed by atoms with van der Waals surface area (Å²) in [6.07, 6.45) is 0.396. The van der Waals surface area contributed by atoms with Crippen molar-refractivity contribution >= 4 is 43.7 Å². The highest BCUT2D eigenvalue weighted by atomic mass is 79.9. The molecule has 0 radical (unpaired) electrons. The molecule has 1 amide bonds. The highest BCUT2D eigenvalue weighted by Gasteiger charge is 2.22. The van der Waals surface area contributed by atoms with Gasteiger partial charge in [0.15, 0.2) is 0 Å². The van der Waals surface area contributed by atoms with Crippen molar-refractivity contribution in [1.82, 2.24) is 5.32 Å². The molecule has 1 aromatic rings. The van der Waals surface area contributed by atoms with Crippen molar-refractivity contribution in [3.63, 3.8) is 0 Å². The van der Waals surface area contributed by atoms with Gasteiger partial charge in [-0.05, 0) is 46.5 Å². The Kier molecular flexibility index (Phi) is 6.00. The Morgan fingerprint density at radius 2 is 1.95 bits per heavy atom. The van der Waals surface area contributed by atoms with Crippen molar-refractivity contribution in [1.29, 1.82) is 0 Å². The molecule has 1 rings (SSSR count). The van der Waals surface area contributed by atoms with Crippen LogP contribution in [0, 0.1) is 5.92 Å². The van der Waals surface area contributed by atoms with E-state index in [-0.39, 0.29) is 5.92 Å². The zero-order chi connectivity index (χ0) is 14.6. The van der Waals surface area contributed by atoms with Gasteiger partial charge in [-0.1, -0.05) is 29.8 Å². The number of carboxylic acid groups (broad SMARTS) is 1. The molecule has 0 unspecified atom stereocenters. The molecule has 0 aliphatic carbocycles. The average Bonchev–Trinajstić information content (AvgIpc) is 2.30. The third-order valence-electron chi connectivity index (χ3n) is 2.48. The number of benzene rings is 1. The lowest BCUT2D eigenvalue weighted by molar-refractivity contribution is -0.139. The van der Waals surface area contributed by atoms with Crippen LogP contribution in [-0.4, -0.2) is 23.0 Å². The maximum absolute atomic E-state index is 12.1. The Bertz CT molecular complexity index is 489. The number of carbonyl (C=O) groups excluding carboxylic acids is 1. The van der Waals surface area contributed by atoms with Gasteiger partial charge in [0.25, 0.3) is 5.91 Å². The van der Waals surface area contributed by atoms with E-state index in [1.165, 1.54) is 0 Å². The number of rotatable bonds is 5. The first kappa shape index (κ1) is 16.2. The second-order valence-electron chi connectivity index (χ2n) is 4.62. The Morgan fingerprint density at radius 1 is 1.32 bits per heavy atom. The van der Waals surface area contributed by atoms with E-state index in [1.807, 2.05) is 13.8 Å². The minimum absolute atomic E-state index is 0.187. The molecule has 19 heavy (non-hydrogen) atoms. The van der Waals surface area contributed by atoms with Crippen molar-refractivity contribution in [3.8, 4) is 0 Å². The van der Waals surface area contributed by atoms with Gasteiger partial charge in [-0.15, -0.1) is 0 Å². The fraction of sp³-hybridized carbons (Fsp3) is 0.385. The van der Waals surface area contributed by atoms with Crippen LogP contribution in [0.3, 0.4) is 0 Å². The van der Waals surface area contributed by atoms with Crippen LogP contribution in [-0.2, 0) is 4.79 Å². The fourth-order valence-corrected chi connectivity index (χ4v) is 2.39. The summed E-state index contributed by atoms with van der Waals surface area (Å²) in [5.41, 5.74) is 0.407. The van der Waals surface area contributed by atoms with Crippen LogP contribution in [0.5, 0.6) is 0 Å². The Hall–Kier alpha value is -0.880. The molecule has 2 N–H and O–H groups in total. The van der Waals surface area contributed by atoms with Gasteiger partial charge >= 0.3 is 5.97 Å². The molecule has 0 heterocycles. The first-order chi connectivity index (χ1) is 8.81. The van der Waals surface area contributed by atoms with Gasteiger partial charge in [-0.25, -0.2) is 4.79 Å². The molecule has 6 heteroatoms. The zero-order valence-corrected chi connectivity index (χ0v) is 13.8. The number of carboxylic acids is 1. The first-order valence-corrected chi connectivity index (χ1v) is 7.38. The van der Waals surface area contributed by atoms with E-state index in [2.05, 4.69) is 37.2 Å². The molecule has 0 saturated heterocycles. The van der Waals surface area contributed by atoms with E-state index in [0.717, 1.165) is 4.47 Å². The van der Waals surface area contributed by atoms with Gasteiger partial charge in [0.2, 0.25) is 0 Å². The molecule has 0 aliphatic rings. The summed E-state index contributed by atoms with van der Waals surface area (Å²) < 4.78 is 1.39. The summed E-state index contributed by atoms with van der Waals surface area (Å²) in [7, 11) is 0. The number of aliphatic carboxylic acids is 1. The normalized spacial score (nSPS) is 12.3. The summed E-state index contributed by atoms with van der Waals surface area (Å²) >= 11 is 6.56. The van der Waals surface area contributed by atoms with Gasteiger partial charge < -0.3 is 10.4 Å². The standard InChI is InChI=1S/C13H15Br2NO3/c1-7(2)5-11(13(18)19)16-12(17)9-6-8(14)3-4-10(9)15/h3-4,6-7,11H,5H2,1-2H3,(H,16,17)(H,18,19)/t11-/m0/s1. The van der Waals surface area contributed by atoms with Crippen molar-refractivity contribution < 1.29 is 14.7 Å². The average molecular weight is 393 g/mol. The van der Waals surface area contributed by atoms with Gasteiger partial charge in [-0.2, -0.15) is 0 Å². The fourth-order valence-electron chi connectivity index (χ4n) is 1.60. The van der Waals surface area contributed by atoms with Crippen LogP contribution in [0.4, 0.5) is 0 Å². The molecular formula is C13H15Br2NO3. The molecule has 0 aromatic heterocycles. The third kappa shape index (κ3) is 4.95. The van der Waals surface area contributed by atoms with Crippen molar-refractivity contribution in [2.45, 2.75) is 26.3 Å². The van der Waals surface area contributed by atoms with Gasteiger partial charge in [0, 0.05) is 8.95 Å². The summed E-state index contributed by atoms with van der Waals surface area (Å²) in [4.78, 5) is 23.2. The number of amides is 1. The first-order valence-electron chi connectivity index (χ1n) is 5.80. The largest absolute Gasteiger partial charge is 0.480 e. The second-order valence-corrected chi connectivity index (χ2v) is 6.39. The maximum Gasteiger partial charge on any atom is 0.326 e. The second kappa shape index (κ2) is 7.05. The highest BCUT2D eigenvalue weighted by molar-refractivity contribution is 9.11. The zero-order valence-electron chi connectivity index (χ0n) is 10.6. The molecule has 104 valence electrons. The molecule has 0 spiro atoms. The van der Waals surface area contributed by atoms with E-state index in [9.17, 15) is 9.59 Å². The molecule has 0 aliphatic heterocycles. The number of halogens is 2. The minimum Gasteiger partial charge on any atom is -0.480 e. The minimum atomic E-state index is -1.02. The SMILES string of the molecule is CC(C)C[C@H](NC(=O)c1cc(Br)ccc1Br)C(=O)O. The summed E-state index contributed by atoms with van der Waals surface area (Å²) in [5, 5.41) is 11.6. The van der Waals surface area contributed by atoms with Crippen LogP contribution in [0.1, 0.15) is 30.6 Å². The number of nitrogens with one attached hydrogen (secondary N) is 1. The Morgan fingerprint density at radius 3 is 2.47 bits per heavy atom. The highest BCUT2D eigenvalue weighted by Crippen LogP contribution is 2.21.